The predicted molar refractivity (Wildman–Crippen MR) is 97.9 cm³/mol. The zero-order valence-corrected chi connectivity index (χ0v) is 21.1. The molecule has 0 aliphatic heterocycles. The van der Waals surface area contributed by atoms with Gasteiger partial charge in [0.1, 0.15) is 0 Å². The van der Waals surface area contributed by atoms with Crippen molar-refractivity contribution < 1.29 is 32.5 Å². The van der Waals surface area contributed by atoms with E-state index in [-0.39, 0.29) is 5.97 Å². The molecular weight excluding hydrogens is 485 g/mol. The van der Waals surface area contributed by atoms with Crippen molar-refractivity contribution in [3.05, 3.63) is 30.3 Å². The Morgan fingerprint density at radius 3 is 1.83 bits per heavy atom. The van der Waals surface area contributed by atoms with E-state index in [4.69, 9.17) is 2.64 Å². The van der Waals surface area contributed by atoms with Crippen LogP contribution in [-0.4, -0.2) is 5.97 Å². The number of hydrogen-bond acceptors (Lipinski definition) is 2. The first-order chi connectivity index (χ1) is 11.8. The van der Waals surface area contributed by atoms with Crippen molar-refractivity contribution in [3.8, 4) is 0 Å². The quantitative estimate of drug-likeness (QED) is 0.212. The second kappa shape index (κ2) is 16.1. The fraction of sp³-hybridized carbons (Fsp3) is 0.667. The number of carbonyl (C=O) groups is 1. The van der Waals surface area contributed by atoms with Crippen LogP contribution in [-0.2, 0) is 32.5 Å². The van der Waals surface area contributed by atoms with Crippen LogP contribution in [0, 0.1) is 0 Å². The Bertz CT molecular complexity index is 406. The first kappa shape index (κ1) is 21.7. The summed E-state index contributed by atoms with van der Waals surface area (Å²) in [5, 5.41) is 0. The summed E-state index contributed by atoms with van der Waals surface area (Å²) in [6, 6.07) is 10.2. The van der Waals surface area contributed by atoms with Crippen molar-refractivity contribution in [2.75, 3.05) is 0 Å². The Kier molecular flexibility index (Phi) is 14.5. The van der Waals surface area contributed by atoms with Gasteiger partial charge < -0.3 is 0 Å². The first-order valence-corrected chi connectivity index (χ1v) is 15.0. The third-order valence-electron chi connectivity index (χ3n) is 4.48. The van der Waals surface area contributed by atoms with Gasteiger partial charge in [-0.05, 0) is 0 Å². The van der Waals surface area contributed by atoms with Gasteiger partial charge in [0, 0.05) is 0 Å². The maximum absolute atomic E-state index is 11.7. The molecule has 0 saturated heterocycles. The normalized spacial score (nSPS) is 10.4. The van der Waals surface area contributed by atoms with Crippen molar-refractivity contribution in [2.24, 2.45) is 0 Å². The van der Waals surface area contributed by atoms with Gasteiger partial charge in [0.25, 0.3) is 0 Å². The number of benzene rings is 1. The monoisotopic (exact) mass is 520 g/mol. The molecule has 0 amide bonds. The van der Waals surface area contributed by atoms with E-state index in [1.807, 2.05) is 18.2 Å². The third kappa shape index (κ3) is 13.0. The number of hydrogen-bond donors (Lipinski definition) is 0. The topological polar surface area (TPSA) is 26.3 Å². The van der Waals surface area contributed by atoms with Gasteiger partial charge in [-0.3, -0.25) is 0 Å². The van der Waals surface area contributed by atoms with Crippen molar-refractivity contribution in [2.45, 2.75) is 90.4 Å². The molecule has 0 N–H and O–H groups in total. The fourth-order valence-electron chi connectivity index (χ4n) is 2.92. The number of carbonyl (C=O) groups excluding carboxylic acids is 1. The van der Waals surface area contributed by atoms with Gasteiger partial charge in [0.2, 0.25) is 0 Å². The predicted octanol–water partition coefficient (Wildman–Crippen LogP) is 5.94. The standard InChI is InChI=1S/C15H30O2.C6H5.Hg/c1-2-3-4-5-6-7-8-9-10-11-12-13-14-15(16)17;1-2-4-6-5-3-1;/h2-14H2,1H3,(H,16,17);1-5H;/q;;+1/p-1. The molecule has 0 aliphatic carbocycles. The summed E-state index contributed by atoms with van der Waals surface area (Å²) in [4.78, 5) is 11.7. The fourth-order valence-corrected chi connectivity index (χ4v) is 6.56. The average Bonchev–Trinajstić information content (AvgIpc) is 2.62. The van der Waals surface area contributed by atoms with Crippen LogP contribution < -0.4 is 3.07 Å². The number of unbranched alkanes of at least 4 members (excludes halogenated alkanes) is 11. The Hall–Kier alpha value is -0.375. The summed E-state index contributed by atoms with van der Waals surface area (Å²) in [5.74, 6) is 0.0348. The Labute approximate surface area is 161 Å². The van der Waals surface area contributed by atoms with E-state index >= 15 is 0 Å². The minimum atomic E-state index is -1.63. The molecule has 0 fully saturated rings. The van der Waals surface area contributed by atoms with Gasteiger partial charge in [-0.1, -0.05) is 26.2 Å². The SMILES string of the molecule is CCCCCCCCCCCCCCC(=O)[O][Hg][c]1ccccc1. The van der Waals surface area contributed by atoms with Gasteiger partial charge in [0.05, 0.1) is 0 Å². The van der Waals surface area contributed by atoms with Crippen LogP contribution >= 0.6 is 0 Å². The summed E-state index contributed by atoms with van der Waals surface area (Å²) in [7, 11) is 0. The Balaban J connectivity index is 1.82. The number of rotatable bonds is 15. The van der Waals surface area contributed by atoms with E-state index in [0.717, 1.165) is 6.42 Å². The molecule has 24 heavy (non-hydrogen) atoms. The van der Waals surface area contributed by atoms with Crippen LogP contribution in [0.15, 0.2) is 30.3 Å². The van der Waals surface area contributed by atoms with Crippen molar-refractivity contribution in [3.63, 3.8) is 0 Å². The van der Waals surface area contributed by atoms with E-state index in [2.05, 4.69) is 19.1 Å². The molecule has 1 aromatic carbocycles. The van der Waals surface area contributed by atoms with Crippen LogP contribution in [0.25, 0.3) is 0 Å². The molecule has 0 unspecified atom stereocenters. The molecule has 2 nitrogen and oxygen atoms in total. The molecule has 0 spiro atoms. The van der Waals surface area contributed by atoms with E-state index in [9.17, 15) is 4.79 Å². The van der Waals surface area contributed by atoms with E-state index in [1.165, 1.54) is 73.7 Å². The molecule has 1 rings (SSSR count). The second-order valence-corrected chi connectivity index (χ2v) is 12.2. The summed E-state index contributed by atoms with van der Waals surface area (Å²) in [6.07, 6.45) is 16.5. The van der Waals surface area contributed by atoms with Crippen molar-refractivity contribution in [1.82, 2.24) is 0 Å². The van der Waals surface area contributed by atoms with Crippen molar-refractivity contribution in [1.29, 1.82) is 0 Å². The minimum absolute atomic E-state index is 0.0348. The van der Waals surface area contributed by atoms with E-state index < -0.39 is 25.0 Å². The summed E-state index contributed by atoms with van der Waals surface area (Å²) < 4.78 is 6.79. The van der Waals surface area contributed by atoms with Gasteiger partial charge in [-0.25, -0.2) is 0 Å². The summed E-state index contributed by atoms with van der Waals surface area (Å²) >= 11 is -1.63. The molecule has 3 heteroatoms. The first-order valence-electron chi connectivity index (χ1n) is 10.0. The molecule has 1 aromatic rings. The van der Waals surface area contributed by atoms with Crippen LogP contribution in [0.3, 0.4) is 0 Å². The molecule has 132 valence electrons. The molecule has 0 radical (unpaired) electrons. The second-order valence-electron chi connectivity index (χ2n) is 6.79. The summed E-state index contributed by atoms with van der Waals surface area (Å²) in [5.41, 5.74) is 0. The van der Waals surface area contributed by atoms with Crippen LogP contribution in [0.1, 0.15) is 90.4 Å². The van der Waals surface area contributed by atoms with Gasteiger partial charge in [0.15, 0.2) is 0 Å². The van der Waals surface area contributed by atoms with Gasteiger partial charge >= 0.3 is 136 Å². The zero-order chi connectivity index (χ0) is 17.3. The molecule has 0 heterocycles. The van der Waals surface area contributed by atoms with Gasteiger partial charge in [-0.15, -0.1) is 0 Å². The van der Waals surface area contributed by atoms with Crippen LogP contribution in [0.4, 0.5) is 0 Å². The van der Waals surface area contributed by atoms with E-state index in [0.29, 0.717) is 6.42 Å². The Morgan fingerprint density at radius 2 is 1.29 bits per heavy atom. The molecule has 0 atom stereocenters. The van der Waals surface area contributed by atoms with Crippen LogP contribution in [0.5, 0.6) is 0 Å². The maximum atomic E-state index is 11.7. The van der Waals surface area contributed by atoms with Crippen LogP contribution in [0.2, 0.25) is 0 Å². The molecule has 0 saturated carbocycles. The zero-order valence-electron chi connectivity index (χ0n) is 15.6. The van der Waals surface area contributed by atoms with E-state index in [1.54, 1.807) is 0 Å². The molecular formula is C21H34HgO2. The Morgan fingerprint density at radius 1 is 0.792 bits per heavy atom. The third-order valence-corrected chi connectivity index (χ3v) is 9.42. The molecule has 0 bridgehead atoms. The summed E-state index contributed by atoms with van der Waals surface area (Å²) in [6.45, 7) is 2.27. The average molecular weight is 519 g/mol. The van der Waals surface area contributed by atoms with Gasteiger partial charge in [-0.2, -0.15) is 0 Å². The molecule has 0 aliphatic rings. The van der Waals surface area contributed by atoms with Crippen molar-refractivity contribution >= 4 is 9.04 Å². The molecule has 0 aromatic heterocycles.